The van der Waals surface area contributed by atoms with Gasteiger partial charge in [-0.2, -0.15) is 0 Å². The van der Waals surface area contributed by atoms with Crippen molar-refractivity contribution in [1.29, 1.82) is 0 Å². The van der Waals surface area contributed by atoms with Crippen LogP contribution in [0, 0.1) is 5.41 Å². The molecule has 16 heavy (non-hydrogen) atoms. The summed E-state index contributed by atoms with van der Waals surface area (Å²) in [4.78, 5) is 12.8. The molecule has 1 fully saturated rings. The summed E-state index contributed by atoms with van der Waals surface area (Å²) < 4.78 is 0. The predicted octanol–water partition coefficient (Wildman–Crippen LogP) is 2.58. The van der Waals surface area contributed by atoms with E-state index in [4.69, 9.17) is 16.7 Å². The van der Waals surface area contributed by atoms with Crippen LogP contribution in [-0.2, 0) is 4.79 Å². The van der Waals surface area contributed by atoms with Gasteiger partial charge in [0.2, 0.25) is 0 Å². The van der Waals surface area contributed by atoms with Gasteiger partial charge >= 0.3 is 5.97 Å². The van der Waals surface area contributed by atoms with E-state index in [1.54, 1.807) is 0 Å². The summed E-state index contributed by atoms with van der Waals surface area (Å²) in [7, 11) is 1.97. The summed E-state index contributed by atoms with van der Waals surface area (Å²) in [5.74, 6) is -0.926. The maximum absolute atomic E-state index is 10.7. The lowest BCUT2D eigenvalue weighted by atomic mass is 9.75. The lowest BCUT2D eigenvalue weighted by Gasteiger charge is -2.38. The molecule has 1 unspecified atom stereocenters. The summed E-state index contributed by atoms with van der Waals surface area (Å²) in [5, 5.41) is 7.96. The molecule has 1 aliphatic carbocycles. The molecule has 0 aromatic heterocycles. The summed E-state index contributed by atoms with van der Waals surface area (Å²) >= 11 is 5.74. The fourth-order valence-corrected chi connectivity index (χ4v) is 2.52. The van der Waals surface area contributed by atoms with E-state index < -0.39 is 11.3 Å². The van der Waals surface area contributed by atoms with Crippen LogP contribution in [0.5, 0.6) is 0 Å². The van der Waals surface area contributed by atoms with Gasteiger partial charge in [0.25, 0.3) is 0 Å². The van der Waals surface area contributed by atoms with Crippen LogP contribution >= 0.6 is 11.6 Å². The number of hydrogen-bond donors (Lipinski definition) is 1. The zero-order valence-electron chi connectivity index (χ0n) is 10.4. The van der Waals surface area contributed by atoms with Gasteiger partial charge in [-0.1, -0.05) is 13.8 Å². The van der Waals surface area contributed by atoms with Gasteiger partial charge < -0.3 is 10.0 Å². The zero-order valence-corrected chi connectivity index (χ0v) is 11.1. The van der Waals surface area contributed by atoms with E-state index in [0.29, 0.717) is 18.0 Å². The number of halogens is 1. The number of carboxylic acid groups (broad SMARTS) is 1. The van der Waals surface area contributed by atoms with E-state index in [9.17, 15) is 4.79 Å². The third kappa shape index (κ3) is 3.95. The van der Waals surface area contributed by atoms with Crippen molar-refractivity contribution in [1.82, 2.24) is 4.90 Å². The van der Waals surface area contributed by atoms with Gasteiger partial charge in [-0.25, -0.2) is 0 Å². The minimum absolute atomic E-state index is 0.433. The third-order valence-corrected chi connectivity index (χ3v) is 3.97. The van der Waals surface area contributed by atoms with Crippen LogP contribution in [0.3, 0.4) is 0 Å². The van der Waals surface area contributed by atoms with Gasteiger partial charge in [-0.05, 0) is 38.1 Å². The average Bonchev–Trinajstić information content (AvgIpc) is 2.17. The van der Waals surface area contributed by atoms with Crippen molar-refractivity contribution in [2.75, 3.05) is 13.6 Å². The first kappa shape index (κ1) is 13.8. The first-order valence-corrected chi connectivity index (χ1v) is 6.32. The van der Waals surface area contributed by atoms with Crippen molar-refractivity contribution < 1.29 is 9.90 Å². The molecule has 0 aromatic carbocycles. The highest BCUT2D eigenvalue weighted by Gasteiger charge is 2.30. The molecule has 3 nitrogen and oxygen atoms in total. The highest BCUT2D eigenvalue weighted by Crippen LogP contribution is 2.36. The van der Waals surface area contributed by atoms with Crippen LogP contribution in [0.2, 0.25) is 0 Å². The van der Waals surface area contributed by atoms with Gasteiger partial charge in [-0.3, -0.25) is 4.79 Å². The summed E-state index contributed by atoms with van der Waals surface area (Å²) in [5.41, 5.74) is 0.449. The van der Waals surface area contributed by atoms with Gasteiger partial charge in [0.15, 0.2) is 0 Å². The Bertz CT molecular complexity index is 245. The van der Waals surface area contributed by atoms with E-state index in [2.05, 4.69) is 18.7 Å². The molecule has 0 bridgehead atoms. The number of carboxylic acids is 1. The molecule has 1 aliphatic rings. The van der Waals surface area contributed by atoms with Crippen molar-refractivity contribution in [3.63, 3.8) is 0 Å². The quantitative estimate of drug-likeness (QED) is 0.777. The molecular weight excluding hydrogens is 226 g/mol. The third-order valence-electron chi connectivity index (χ3n) is 3.65. The minimum atomic E-state index is -0.926. The van der Waals surface area contributed by atoms with E-state index in [0.717, 1.165) is 12.8 Å². The SMILES string of the molecule is CN(CC(Cl)C(=O)O)C1CCC(C)(C)CC1. The number of nitrogens with zero attached hydrogens (tertiary/aromatic N) is 1. The van der Waals surface area contributed by atoms with Crippen LogP contribution in [0.4, 0.5) is 0 Å². The lowest BCUT2D eigenvalue weighted by Crippen LogP contribution is -2.41. The Morgan fingerprint density at radius 3 is 2.44 bits per heavy atom. The molecule has 1 saturated carbocycles. The van der Waals surface area contributed by atoms with E-state index in [-0.39, 0.29) is 0 Å². The molecule has 94 valence electrons. The minimum Gasteiger partial charge on any atom is -0.480 e. The number of alkyl halides is 1. The Balaban J connectivity index is 2.39. The monoisotopic (exact) mass is 247 g/mol. The van der Waals surface area contributed by atoms with Gasteiger partial charge in [0.05, 0.1) is 0 Å². The topological polar surface area (TPSA) is 40.5 Å². The van der Waals surface area contributed by atoms with Crippen molar-refractivity contribution in [3.05, 3.63) is 0 Å². The molecule has 1 rings (SSSR count). The van der Waals surface area contributed by atoms with E-state index in [1.165, 1.54) is 12.8 Å². The van der Waals surface area contributed by atoms with Gasteiger partial charge in [0, 0.05) is 12.6 Å². The van der Waals surface area contributed by atoms with Gasteiger partial charge in [-0.15, -0.1) is 11.6 Å². The maximum Gasteiger partial charge on any atom is 0.322 e. The Hall–Kier alpha value is -0.280. The van der Waals surface area contributed by atoms with Crippen molar-refractivity contribution in [2.45, 2.75) is 50.9 Å². The summed E-state index contributed by atoms with van der Waals surface area (Å²) in [6, 6.07) is 0.494. The highest BCUT2D eigenvalue weighted by molar-refractivity contribution is 6.29. The first-order chi connectivity index (χ1) is 7.32. The molecule has 4 heteroatoms. The number of aliphatic carboxylic acids is 1. The van der Waals surface area contributed by atoms with Crippen LogP contribution in [0.15, 0.2) is 0 Å². The van der Waals surface area contributed by atoms with Crippen LogP contribution in [0.1, 0.15) is 39.5 Å². The second kappa shape index (κ2) is 5.37. The number of hydrogen-bond acceptors (Lipinski definition) is 2. The summed E-state index contributed by atoms with van der Waals surface area (Å²) in [6.45, 7) is 5.03. The van der Waals surface area contributed by atoms with E-state index in [1.807, 2.05) is 7.05 Å². The smallest absolute Gasteiger partial charge is 0.322 e. The molecule has 0 amide bonds. The zero-order chi connectivity index (χ0) is 12.3. The average molecular weight is 248 g/mol. The van der Waals surface area contributed by atoms with Crippen LogP contribution < -0.4 is 0 Å². The molecular formula is C12H22ClNO2. The predicted molar refractivity (Wildman–Crippen MR) is 65.9 cm³/mol. The fourth-order valence-electron chi connectivity index (χ4n) is 2.30. The fraction of sp³-hybridized carbons (Fsp3) is 0.917. The summed E-state index contributed by atoms with van der Waals surface area (Å²) in [6.07, 6.45) is 4.71. The molecule has 0 aliphatic heterocycles. The standard InChI is InChI=1S/C12H22ClNO2/c1-12(2)6-4-9(5-7-12)14(3)8-10(13)11(15)16/h9-10H,4-8H2,1-3H3,(H,15,16). The molecule has 0 spiro atoms. The van der Waals surface area contributed by atoms with Crippen molar-refractivity contribution in [2.24, 2.45) is 5.41 Å². The molecule has 1 N–H and O–H groups in total. The number of carbonyl (C=O) groups is 1. The van der Waals surface area contributed by atoms with Crippen molar-refractivity contribution in [3.8, 4) is 0 Å². The highest BCUT2D eigenvalue weighted by atomic mass is 35.5. The Labute approximate surface area is 103 Å². The first-order valence-electron chi connectivity index (χ1n) is 5.89. The molecule has 0 saturated heterocycles. The molecule has 1 atom stereocenters. The second-order valence-corrected chi connectivity index (χ2v) is 6.17. The lowest BCUT2D eigenvalue weighted by molar-refractivity contribution is -0.137. The Morgan fingerprint density at radius 1 is 1.50 bits per heavy atom. The molecule has 0 aromatic rings. The Morgan fingerprint density at radius 2 is 2.00 bits per heavy atom. The van der Waals surface area contributed by atoms with Gasteiger partial charge in [0.1, 0.15) is 5.38 Å². The van der Waals surface area contributed by atoms with Crippen LogP contribution in [0.25, 0.3) is 0 Å². The van der Waals surface area contributed by atoms with E-state index >= 15 is 0 Å². The number of rotatable bonds is 4. The molecule has 0 radical (unpaired) electrons. The maximum atomic E-state index is 10.7. The Kier molecular flexibility index (Phi) is 4.62. The van der Waals surface area contributed by atoms with Crippen LogP contribution in [-0.4, -0.2) is 41.0 Å². The largest absolute Gasteiger partial charge is 0.480 e. The van der Waals surface area contributed by atoms with Crippen molar-refractivity contribution >= 4 is 17.6 Å². The molecule has 0 heterocycles. The normalized spacial score (nSPS) is 23.3. The second-order valence-electron chi connectivity index (χ2n) is 5.64.